The topological polar surface area (TPSA) is 44.4 Å². The van der Waals surface area contributed by atoms with Crippen molar-refractivity contribution in [2.24, 2.45) is 0 Å². The van der Waals surface area contributed by atoms with Crippen LogP contribution in [0.5, 0.6) is 0 Å². The van der Waals surface area contributed by atoms with Crippen LogP contribution in [0.25, 0.3) is 0 Å². The molecule has 0 radical (unpaired) electrons. The van der Waals surface area contributed by atoms with Gasteiger partial charge >= 0.3 is 6.03 Å². The van der Waals surface area contributed by atoms with Gasteiger partial charge in [0.15, 0.2) is 0 Å². The van der Waals surface area contributed by atoms with Crippen LogP contribution < -0.4 is 10.6 Å². The first kappa shape index (κ1) is 16.8. The Morgan fingerprint density at radius 2 is 1.91 bits per heavy atom. The third kappa shape index (κ3) is 4.70. The molecule has 1 aromatic rings. The van der Waals surface area contributed by atoms with E-state index in [2.05, 4.69) is 35.1 Å². The zero-order chi connectivity index (χ0) is 16.1. The van der Waals surface area contributed by atoms with Gasteiger partial charge in [0.05, 0.1) is 0 Å². The molecule has 0 bridgehead atoms. The van der Waals surface area contributed by atoms with E-state index in [-0.39, 0.29) is 6.03 Å². The van der Waals surface area contributed by atoms with E-state index >= 15 is 0 Å². The SMILES string of the molecule is C[C@@H](NC1CCN(C(=O)NC2CCCCC2)CC1)c1cccs1. The van der Waals surface area contributed by atoms with Gasteiger partial charge in [0.2, 0.25) is 0 Å². The Hall–Kier alpha value is -1.07. The van der Waals surface area contributed by atoms with Gasteiger partial charge in [-0.2, -0.15) is 0 Å². The van der Waals surface area contributed by atoms with Gasteiger partial charge < -0.3 is 15.5 Å². The number of carbonyl (C=O) groups excluding carboxylic acids is 1. The van der Waals surface area contributed by atoms with Gasteiger partial charge in [-0.3, -0.25) is 0 Å². The van der Waals surface area contributed by atoms with Crippen molar-refractivity contribution in [1.29, 1.82) is 0 Å². The van der Waals surface area contributed by atoms with Crippen molar-refractivity contribution < 1.29 is 4.79 Å². The van der Waals surface area contributed by atoms with Gasteiger partial charge in [0.25, 0.3) is 0 Å². The van der Waals surface area contributed by atoms with Gasteiger partial charge in [-0.15, -0.1) is 11.3 Å². The lowest BCUT2D eigenvalue weighted by Gasteiger charge is -2.35. The summed E-state index contributed by atoms with van der Waals surface area (Å²) in [5, 5.41) is 9.08. The van der Waals surface area contributed by atoms with E-state index in [9.17, 15) is 4.79 Å². The van der Waals surface area contributed by atoms with Crippen LogP contribution in [0.15, 0.2) is 17.5 Å². The smallest absolute Gasteiger partial charge is 0.317 e. The number of amides is 2. The van der Waals surface area contributed by atoms with E-state index in [4.69, 9.17) is 0 Å². The molecular weight excluding hydrogens is 306 g/mol. The molecule has 1 aromatic heterocycles. The highest BCUT2D eigenvalue weighted by molar-refractivity contribution is 7.10. The summed E-state index contributed by atoms with van der Waals surface area (Å²) in [5.41, 5.74) is 0. The first-order chi connectivity index (χ1) is 11.2. The highest BCUT2D eigenvalue weighted by atomic mass is 32.1. The number of hydrogen-bond donors (Lipinski definition) is 2. The van der Waals surface area contributed by atoms with E-state index in [0.29, 0.717) is 18.1 Å². The predicted molar refractivity (Wildman–Crippen MR) is 95.9 cm³/mol. The first-order valence-corrected chi connectivity index (χ1v) is 9.95. The Morgan fingerprint density at radius 3 is 2.57 bits per heavy atom. The lowest BCUT2D eigenvalue weighted by atomic mass is 9.95. The number of carbonyl (C=O) groups is 1. The Balaban J connectivity index is 1.40. The fraction of sp³-hybridized carbons (Fsp3) is 0.722. The third-order valence-electron chi connectivity index (χ3n) is 5.17. The molecule has 128 valence electrons. The minimum Gasteiger partial charge on any atom is -0.335 e. The largest absolute Gasteiger partial charge is 0.335 e. The predicted octanol–water partition coefficient (Wildman–Crippen LogP) is 3.91. The van der Waals surface area contributed by atoms with E-state index in [0.717, 1.165) is 38.8 Å². The molecule has 2 fully saturated rings. The Morgan fingerprint density at radius 1 is 1.17 bits per heavy atom. The molecule has 1 saturated carbocycles. The minimum absolute atomic E-state index is 0.154. The summed E-state index contributed by atoms with van der Waals surface area (Å²) in [6.45, 7) is 3.97. The molecule has 0 unspecified atom stereocenters. The second kappa shape index (κ2) is 8.15. The minimum atomic E-state index is 0.154. The summed E-state index contributed by atoms with van der Waals surface area (Å²) in [7, 11) is 0. The van der Waals surface area contributed by atoms with Crippen LogP contribution in [0.4, 0.5) is 4.79 Å². The molecule has 1 aliphatic carbocycles. The van der Waals surface area contributed by atoms with Crippen molar-refractivity contribution in [3.05, 3.63) is 22.4 Å². The molecule has 23 heavy (non-hydrogen) atoms. The van der Waals surface area contributed by atoms with Crippen LogP contribution in [0.2, 0.25) is 0 Å². The standard InChI is InChI=1S/C18H29N3OS/c1-14(17-8-5-13-23-17)19-16-9-11-21(12-10-16)18(22)20-15-6-3-2-4-7-15/h5,8,13-16,19H,2-4,6-7,9-12H2,1H3,(H,20,22)/t14-/m1/s1. The van der Waals surface area contributed by atoms with Crippen molar-refractivity contribution in [2.45, 2.75) is 70.0 Å². The third-order valence-corrected chi connectivity index (χ3v) is 6.23. The van der Waals surface area contributed by atoms with Gasteiger partial charge in [0, 0.05) is 36.1 Å². The zero-order valence-corrected chi connectivity index (χ0v) is 14.9. The van der Waals surface area contributed by atoms with Crippen LogP contribution in [0.3, 0.4) is 0 Å². The number of nitrogens with one attached hydrogen (secondary N) is 2. The quantitative estimate of drug-likeness (QED) is 0.876. The van der Waals surface area contributed by atoms with E-state index in [1.165, 1.54) is 24.1 Å². The van der Waals surface area contributed by atoms with Crippen molar-refractivity contribution in [2.75, 3.05) is 13.1 Å². The molecule has 0 spiro atoms. The maximum atomic E-state index is 12.4. The molecule has 0 aromatic carbocycles. The van der Waals surface area contributed by atoms with Crippen LogP contribution in [0, 0.1) is 0 Å². The van der Waals surface area contributed by atoms with Crippen molar-refractivity contribution in [1.82, 2.24) is 15.5 Å². The van der Waals surface area contributed by atoms with Crippen molar-refractivity contribution >= 4 is 17.4 Å². The molecule has 1 atom stereocenters. The molecule has 2 amide bonds. The first-order valence-electron chi connectivity index (χ1n) is 9.07. The molecule has 1 aliphatic heterocycles. The normalized spacial score (nSPS) is 22.0. The molecule has 2 heterocycles. The molecule has 2 N–H and O–H groups in total. The number of likely N-dealkylation sites (tertiary alicyclic amines) is 1. The van der Waals surface area contributed by atoms with Gasteiger partial charge in [-0.1, -0.05) is 25.3 Å². The summed E-state index contributed by atoms with van der Waals surface area (Å²) < 4.78 is 0. The summed E-state index contributed by atoms with van der Waals surface area (Å²) in [6, 6.07) is 5.78. The lowest BCUT2D eigenvalue weighted by Crippen LogP contribution is -2.51. The van der Waals surface area contributed by atoms with Crippen molar-refractivity contribution in [3.63, 3.8) is 0 Å². The second-order valence-corrected chi connectivity index (χ2v) is 7.93. The lowest BCUT2D eigenvalue weighted by molar-refractivity contribution is 0.168. The Bertz CT molecular complexity index is 476. The van der Waals surface area contributed by atoms with Crippen LogP contribution in [0.1, 0.15) is 62.8 Å². The molecule has 5 heteroatoms. The summed E-state index contributed by atoms with van der Waals surface area (Å²) >= 11 is 1.81. The average molecular weight is 336 g/mol. The maximum absolute atomic E-state index is 12.4. The number of thiophene rings is 1. The number of nitrogens with zero attached hydrogens (tertiary/aromatic N) is 1. The van der Waals surface area contributed by atoms with Crippen molar-refractivity contribution in [3.8, 4) is 0 Å². The summed E-state index contributed by atoms with van der Waals surface area (Å²) in [4.78, 5) is 15.8. The summed E-state index contributed by atoms with van der Waals surface area (Å²) in [5.74, 6) is 0. The van der Waals surface area contributed by atoms with Crippen LogP contribution in [-0.4, -0.2) is 36.1 Å². The Labute approximate surface area is 143 Å². The molecule has 4 nitrogen and oxygen atoms in total. The van der Waals surface area contributed by atoms with E-state index < -0.39 is 0 Å². The van der Waals surface area contributed by atoms with Crippen LogP contribution in [-0.2, 0) is 0 Å². The highest BCUT2D eigenvalue weighted by Crippen LogP contribution is 2.22. The fourth-order valence-electron chi connectivity index (χ4n) is 3.74. The molecule has 1 saturated heterocycles. The van der Waals surface area contributed by atoms with Crippen LogP contribution >= 0.6 is 11.3 Å². The van der Waals surface area contributed by atoms with Gasteiger partial charge in [0.1, 0.15) is 0 Å². The molecular formula is C18H29N3OS. The number of piperidine rings is 1. The van der Waals surface area contributed by atoms with E-state index in [1.807, 2.05) is 16.2 Å². The molecule has 2 aliphatic rings. The molecule has 3 rings (SSSR count). The maximum Gasteiger partial charge on any atom is 0.317 e. The second-order valence-electron chi connectivity index (χ2n) is 6.95. The Kier molecular flexibility index (Phi) is 5.95. The van der Waals surface area contributed by atoms with E-state index in [1.54, 1.807) is 0 Å². The number of rotatable bonds is 4. The average Bonchev–Trinajstić information content (AvgIpc) is 3.11. The number of hydrogen-bond acceptors (Lipinski definition) is 3. The summed E-state index contributed by atoms with van der Waals surface area (Å²) in [6.07, 6.45) is 8.26. The fourth-order valence-corrected chi connectivity index (χ4v) is 4.48. The van der Waals surface area contributed by atoms with Gasteiger partial charge in [-0.25, -0.2) is 4.79 Å². The number of urea groups is 1. The zero-order valence-electron chi connectivity index (χ0n) is 14.1. The monoisotopic (exact) mass is 335 g/mol. The van der Waals surface area contributed by atoms with Gasteiger partial charge in [-0.05, 0) is 44.1 Å². The highest BCUT2D eigenvalue weighted by Gasteiger charge is 2.25.